The van der Waals surface area contributed by atoms with E-state index in [1.54, 1.807) is 6.07 Å². The third-order valence-electron chi connectivity index (χ3n) is 3.71. The van der Waals surface area contributed by atoms with Crippen LogP contribution < -0.4 is 5.32 Å². The number of benzene rings is 1. The maximum absolute atomic E-state index is 12.4. The first-order chi connectivity index (χ1) is 12.7. The van der Waals surface area contributed by atoms with Crippen LogP contribution in [-0.4, -0.2) is 27.9 Å². The van der Waals surface area contributed by atoms with Crippen molar-refractivity contribution in [2.75, 3.05) is 5.32 Å². The number of amides is 1. The Hall–Kier alpha value is -2.29. The number of rotatable bonds is 5. The van der Waals surface area contributed by atoms with Gasteiger partial charge in [0.25, 0.3) is 5.91 Å². The molecule has 132 valence electrons. The summed E-state index contributed by atoms with van der Waals surface area (Å²) in [5.74, 6) is -0.284. The van der Waals surface area contributed by atoms with Crippen molar-refractivity contribution in [1.82, 2.24) is 10.2 Å². The van der Waals surface area contributed by atoms with Gasteiger partial charge >= 0.3 is 0 Å². The lowest BCUT2D eigenvalue weighted by molar-refractivity contribution is -0.125. The van der Waals surface area contributed by atoms with Gasteiger partial charge in [-0.15, -0.1) is 21.5 Å². The minimum absolute atomic E-state index is 0.284. The summed E-state index contributed by atoms with van der Waals surface area (Å²) >= 11 is 8.70. The molecule has 0 bridgehead atoms. The number of carbonyl (C=O) groups excluding carboxylic acids is 1. The number of hydrogen-bond acceptors (Lipinski definition) is 7. The van der Waals surface area contributed by atoms with Crippen molar-refractivity contribution in [2.45, 2.75) is 18.9 Å². The number of anilines is 1. The van der Waals surface area contributed by atoms with E-state index in [4.69, 9.17) is 16.4 Å². The summed E-state index contributed by atoms with van der Waals surface area (Å²) in [5.41, 5.74) is 1.87. The van der Waals surface area contributed by atoms with E-state index in [1.165, 1.54) is 22.7 Å². The monoisotopic (exact) mass is 404 g/mol. The molecule has 26 heavy (non-hydrogen) atoms. The zero-order valence-electron chi connectivity index (χ0n) is 13.4. The molecule has 0 radical (unpaired) electrons. The summed E-state index contributed by atoms with van der Waals surface area (Å²) in [6, 6.07) is 13.7. The van der Waals surface area contributed by atoms with Crippen LogP contribution in [0.5, 0.6) is 0 Å². The van der Waals surface area contributed by atoms with Crippen molar-refractivity contribution in [2.24, 2.45) is 5.16 Å². The van der Waals surface area contributed by atoms with Crippen LogP contribution in [0.25, 0.3) is 0 Å². The van der Waals surface area contributed by atoms with Crippen molar-refractivity contribution in [3.05, 3.63) is 62.2 Å². The molecule has 1 aromatic carbocycles. The molecule has 1 aliphatic heterocycles. The standard InChI is InChI=1S/C17H13ClN4O2S2/c18-14-7-6-13(25-14)11-9-12(24-22-11)16(23)19-17-21-20-15(26-17)8-10-4-2-1-3-5-10/h1-7,12H,8-9H2,(H,19,21,23)/t12-/m0/s1. The van der Waals surface area contributed by atoms with Crippen LogP contribution in [0.1, 0.15) is 21.9 Å². The normalized spacial score (nSPS) is 16.2. The van der Waals surface area contributed by atoms with Crippen LogP contribution >= 0.6 is 34.3 Å². The van der Waals surface area contributed by atoms with Crippen LogP contribution in [0.2, 0.25) is 4.34 Å². The summed E-state index contributed by atoms with van der Waals surface area (Å²) in [6.45, 7) is 0. The van der Waals surface area contributed by atoms with E-state index < -0.39 is 6.10 Å². The number of hydrogen-bond donors (Lipinski definition) is 1. The van der Waals surface area contributed by atoms with Gasteiger partial charge in [-0.25, -0.2) is 0 Å². The fraction of sp³-hybridized carbons (Fsp3) is 0.176. The van der Waals surface area contributed by atoms with Crippen molar-refractivity contribution in [3.63, 3.8) is 0 Å². The Labute approximate surface area is 162 Å². The van der Waals surface area contributed by atoms with E-state index >= 15 is 0 Å². The lowest BCUT2D eigenvalue weighted by atomic mass is 10.1. The van der Waals surface area contributed by atoms with Gasteiger partial charge in [-0.3, -0.25) is 10.1 Å². The number of oxime groups is 1. The first kappa shape index (κ1) is 17.1. The first-order valence-corrected chi connectivity index (χ1v) is 9.84. The minimum Gasteiger partial charge on any atom is -0.382 e. The van der Waals surface area contributed by atoms with Gasteiger partial charge in [0.1, 0.15) is 10.7 Å². The molecule has 3 heterocycles. The first-order valence-electron chi connectivity index (χ1n) is 7.83. The number of nitrogens with one attached hydrogen (secondary N) is 1. The average Bonchev–Trinajstić information content (AvgIpc) is 3.37. The molecule has 1 atom stereocenters. The number of aromatic nitrogens is 2. The fourth-order valence-electron chi connectivity index (χ4n) is 2.46. The topological polar surface area (TPSA) is 76.5 Å². The van der Waals surface area contributed by atoms with E-state index in [-0.39, 0.29) is 5.91 Å². The highest BCUT2D eigenvalue weighted by Gasteiger charge is 2.30. The molecule has 9 heteroatoms. The van der Waals surface area contributed by atoms with Crippen molar-refractivity contribution >= 4 is 51.0 Å². The maximum Gasteiger partial charge on any atom is 0.270 e. The number of halogens is 1. The molecule has 1 aliphatic rings. The highest BCUT2D eigenvalue weighted by atomic mass is 35.5. The minimum atomic E-state index is -0.674. The van der Waals surface area contributed by atoms with Crippen LogP contribution in [0.15, 0.2) is 47.6 Å². The zero-order chi connectivity index (χ0) is 17.9. The Morgan fingerprint density at radius 2 is 2.04 bits per heavy atom. The lowest BCUT2D eigenvalue weighted by Gasteiger charge is -2.06. The Kier molecular flexibility index (Phi) is 4.96. The molecular formula is C17H13ClN4O2S2. The molecule has 0 saturated carbocycles. The van der Waals surface area contributed by atoms with Crippen molar-refractivity contribution in [3.8, 4) is 0 Å². The molecule has 1 amide bonds. The van der Waals surface area contributed by atoms with Gasteiger partial charge in [-0.2, -0.15) is 0 Å². The largest absolute Gasteiger partial charge is 0.382 e. The Morgan fingerprint density at radius 1 is 1.19 bits per heavy atom. The van der Waals surface area contributed by atoms with E-state index in [9.17, 15) is 4.79 Å². The Morgan fingerprint density at radius 3 is 2.81 bits per heavy atom. The van der Waals surface area contributed by atoms with Crippen LogP contribution in [0.3, 0.4) is 0 Å². The lowest BCUT2D eigenvalue weighted by Crippen LogP contribution is -2.27. The van der Waals surface area contributed by atoms with Gasteiger partial charge in [-0.1, -0.05) is 58.4 Å². The average molecular weight is 405 g/mol. The van der Waals surface area contributed by atoms with Crippen LogP contribution in [0, 0.1) is 0 Å². The summed E-state index contributed by atoms with van der Waals surface area (Å²) in [7, 11) is 0. The van der Waals surface area contributed by atoms with Gasteiger partial charge in [0.15, 0.2) is 0 Å². The number of nitrogens with zero attached hydrogens (tertiary/aromatic N) is 3. The predicted octanol–water partition coefficient (Wildman–Crippen LogP) is 3.98. The third-order valence-corrected chi connectivity index (χ3v) is 5.83. The number of carbonyl (C=O) groups is 1. The molecule has 1 N–H and O–H groups in total. The summed E-state index contributed by atoms with van der Waals surface area (Å²) in [5, 5.41) is 16.2. The van der Waals surface area contributed by atoms with E-state index in [2.05, 4.69) is 20.7 Å². The van der Waals surface area contributed by atoms with Crippen molar-refractivity contribution in [1.29, 1.82) is 0 Å². The van der Waals surface area contributed by atoms with Gasteiger partial charge < -0.3 is 4.84 Å². The summed E-state index contributed by atoms with van der Waals surface area (Å²) < 4.78 is 0.676. The zero-order valence-corrected chi connectivity index (χ0v) is 15.8. The SMILES string of the molecule is O=C(Nc1nnc(Cc2ccccc2)s1)[C@@H]1CC(c2ccc(Cl)s2)=NO1. The second-order valence-corrected chi connectivity index (χ2v) is 8.37. The van der Waals surface area contributed by atoms with E-state index in [0.29, 0.717) is 22.3 Å². The number of thiophene rings is 1. The fourth-order valence-corrected chi connectivity index (χ4v) is 4.27. The van der Waals surface area contributed by atoms with Gasteiger partial charge in [0.05, 0.1) is 9.21 Å². The van der Waals surface area contributed by atoms with Gasteiger partial charge in [0.2, 0.25) is 11.2 Å². The Balaban J connectivity index is 1.34. The highest BCUT2D eigenvalue weighted by molar-refractivity contribution is 7.18. The molecule has 0 aliphatic carbocycles. The molecule has 0 spiro atoms. The summed E-state index contributed by atoms with van der Waals surface area (Å²) in [4.78, 5) is 18.5. The Bertz CT molecular complexity index is 955. The molecule has 4 rings (SSSR count). The van der Waals surface area contributed by atoms with Crippen molar-refractivity contribution < 1.29 is 9.63 Å². The van der Waals surface area contributed by atoms with E-state index in [1.807, 2.05) is 36.4 Å². The van der Waals surface area contributed by atoms with Crippen LogP contribution in [0.4, 0.5) is 5.13 Å². The second kappa shape index (κ2) is 7.53. The highest BCUT2D eigenvalue weighted by Crippen LogP contribution is 2.27. The third kappa shape index (κ3) is 3.92. The van der Waals surface area contributed by atoms with Crippen LogP contribution in [-0.2, 0) is 16.1 Å². The van der Waals surface area contributed by atoms with Gasteiger partial charge in [0, 0.05) is 12.8 Å². The summed E-state index contributed by atoms with van der Waals surface area (Å²) in [6.07, 6.45) is 0.409. The maximum atomic E-state index is 12.4. The molecular weight excluding hydrogens is 392 g/mol. The second-order valence-electron chi connectivity index (χ2n) is 5.59. The smallest absolute Gasteiger partial charge is 0.270 e. The predicted molar refractivity (Wildman–Crippen MR) is 103 cm³/mol. The molecule has 0 unspecified atom stereocenters. The molecule has 3 aromatic rings. The molecule has 6 nitrogen and oxygen atoms in total. The van der Waals surface area contributed by atoms with Gasteiger partial charge in [-0.05, 0) is 17.7 Å². The quantitative estimate of drug-likeness (QED) is 0.697. The molecule has 0 saturated heterocycles. The van der Waals surface area contributed by atoms with E-state index in [0.717, 1.165) is 21.2 Å². The molecule has 2 aromatic heterocycles. The molecule has 0 fully saturated rings.